The normalized spacial score (nSPS) is 11.7. The molecule has 0 heterocycles. The van der Waals surface area contributed by atoms with E-state index in [0.29, 0.717) is 30.9 Å². The average Bonchev–Trinajstić information content (AvgIpc) is 2.68. The van der Waals surface area contributed by atoms with Crippen molar-refractivity contribution in [2.45, 2.75) is 33.5 Å². The number of amides is 2. The van der Waals surface area contributed by atoms with Crippen molar-refractivity contribution in [3.63, 3.8) is 0 Å². The standard InChI is InChI=1S/C21H26N2O3/c1-4-23(5-2)21(25)18-11-13-19(14-12-18)22-20(24)16(3)26-15-17-9-7-6-8-10-17/h6-14,16H,4-5,15H2,1-3H3,(H,22,24). The van der Waals surface area contributed by atoms with Crippen molar-refractivity contribution in [1.29, 1.82) is 0 Å². The van der Waals surface area contributed by atoms with Crippen molar-refractivity contribution in [2.24, 2.45) is 0 Å². The lowest BCUT2D eigenvalue weighted by Gasteiger charge is -2.19. The fourth-order valence-electron chi connectivity index (χ4n) is 2.50. The molecule has 5 heteroatoms. The first kappa shape index (κ1) is 19.7. The molecule has 26 heavy (non-hydrogen) atoms. The molecule has 0 spiro atoms. The van der Waals surface area contributed by atoms with Crippen LogP contribution in [0.5, 0.6) is 0 Å². The number of ether oxygens (including phenoxy) is 1. The molecule has 0 fully saturated rings. The molecule has 0 aliphatic heterocycles. The van der Waals surface area contributed by atoms with Gasteiger partial charge < -0.3 is 15.0 Å². The summed E-state index contributed by atoms with van der Waals surface area (Å²) in [5.41, 5.74) is 2.27. The summed E-state index contributed by atoms with van der Waals surface area (Å²) in [4.78, 5) is 26.3. The van der Waals surface area contributed by atoms with Gasteiger partial charge in [-0.15, -0.1) is 0 Å². The summed E-state index contributed by atoms with van der Waals surface area (Å²) in [5, 5.41) is 2.81. The van der Waals surface area contributed by atoms with Crippen molar-refractivity contribution in [3.8, 4) is 0 Å². The van der Waals surface area contributed by atoms with Crippen molar-refractivity contribution in [1.82, 2.24) is 4.90 Å². The average molecular weight is 354 g/mol. The van der Waals surface area contributed by atoms with Crippen LogP contribution in [0.3, 0.4) is 0 Å². The number of hydrogen-bond acceptors (Lipinski definition) is 3. The van der Waals surface area contributed by atoms with Crippen LogP contribution in [0.1, 0.15) is 36.7 Å². The SMILES string of the molecule is CCN(CC)C(=O)c1ccc(NC(=O)C(C)OCc2ccccc2)cc1. The van der Waals surface area contributed by atoms with Gasteiger partial charge in [0.2, 0.25) is 0 Å². The Bertz CT molecular complexity index is 710. The number of rotatable bonds is 8. The summed E-state index contributed by atoms with van der Waals surface area (Å²) < 4.78 is 5.61. The van der Waals surface area contributed by atoms with Crippen LogP contribution in [0.2, 0.25) is 0 Å². The molecular formula is C21H26N2O3. The Morgan fingerprint density at radius 2 is 1.62 bits per heavy atom. The molecule has 0 aromatic heterocycles. The molecule has 0 bridgehead atoms. The van der Waals surface area contributed by atoms with Crippen LogP contribution in [0.25, 0.3) is 0 Å². The van der Waals surface area contributed by atoms with E-state index in [4.69, 9.17) is 4.74 Å². The molecule has 138 valence electrons. The van der Waals surface area contributed by atoms with Gasteiger partial charge in [-0.05, 0) is 50.6 Å². The third kappa shape index (κ3) is 5.43. The van der Waals surface area contributed by atoms with Crippen LogP contribution in [-0.2, 0) is 16.1 Å². The predicted octanol–water partition coefficient (Wildman–Crippen LogP) is 3.71. The van der Waals surface area contributed by atoms with E-state index in [0.717, 1.165) is 5.56 Å². The molecule has 0 saturated carbocycles. The number of nitrogens with one attached hydrogen (secondary N) is 1. The van der Waals surface area contributed by atoms with Gasteiger partial charge in [0.1, 0.15) is 6.10 Å². The van der Waals surface area contributed by atoms with Gasteiger partial charge in [-0.2, -0.15) is 0 Å². The summed E-state index contributed by atoms with van der Waals surface area (Å²) in [6.07, 6.45) is -0.577. The second-order valence-corrected chi connectivity index (χ2v) is 5.98. The smallest absolute Gasteiger partial charge is 0.253 e. The van der Waals surface area contributed by atoms with Gasteiger partial charge in [0.25, 0.3) is 11.8 Å². The molecule has 0 aliphatic rings. The second-order valence-electron chi connectivity index (χ2n) is 5.98. The highest BCUT2D eigenvalue weighted by molar-refractivity contribution is 5.96. The molecule has 2 amide bonds. The summed E-state index contributed by atoms with van der Waals surface area (Å²) in [6.45, 7) is 7.34. The molecule has 0 saturated heterocycles. The Kier molecular flexibility index (Phi) is 7.36. The zero-order valence-corrected chi connectivity index (χ0v) is 15.6. The highest BCUT2D eigenvalue weighted by atomic mass is 16.5. The van der Waals surface area contributed by atoms with E-state index in [1.807, 2.05) is 44.2 Å². The van der Waals surface area contributed by atoms with Crippen LogP contribution in [0, 0.1) is 0 Å². The van der Waals surface area contributed by atoms with E-state index in [2.05, 4.69) is 5.32 Å². The molecule has 1 unspecified atom stereocenters. The van der Waals surface area contributed by atoms with Gasteiger partial charge in [0, 0.05) is 24.3 Å². The van der Waals surface area contributed by atoms with Crippen LogP contribution in [-0.4, -0.2) is 35.9 Å². The molecule has 2 aromatic carbocycles. The zero-order chi connectivity index (χ0) is 18.9. The van der Waals surface area contributed by atoms with Crippen LogP contribution in [0.15, 0.2) is 54.6 Å². The van der Waals surface area contributed by atoms with E-state index < -0.39 is 6.10 Å². The molecule has 1 atom stereocenters. The number of hydrogen-bond donors (Lipinski definition) is 1. The largest absolute Gasteiger partial charge is 0.364 e. The van der Waals surface area contributed by atoms with Gasteiger partial charge in [-0.25, -0.2) is 0 Å². The number of carbonyl (C=O) groups excluding carboxylic acids is 2. The lowest BCUT2D eigenvalue weighted by molar-refractivity contribution is -0.127. The fourth-order valence-corrected chi connectivity index (χ4v) is 2.50. The van der Waals surface area contributed by atoms with E-state index >= 15 is 0 Å². The molecule has 0 radical (unpaired) electrons. The summed E-state index contributed by atoms with van der Waals surface area (Å²) in [7, 11) is 0. The van der Waals surface area contributed by atoms with E-state index in [1.165, 1.54) is 0 Å². The third-order valence-electron chi connectivity index (χ3n) is 4.16. The Labute approximate surface area is 155 Å². The molecule has 0 aliphatic carbocycles. The lowest BCUT2D eigenvalue weighted by atomic mass is 10.1. The summed E-state index contributed by atoms with van der Waals surface area (Å²) in [6, 6.07) is 16.6. The maximum absolute atomic E-state index is 12.3. The highest BCUT2D eigenvalue weighted by Gasteiger charge is 2.15. The van der Waals surface area contributed by atoms with Crippen LogP contribution < -0.4 is 5.32 Å². The minimum absolute atomic E-state index is 0.00700. The zero-order valence-electron chi connectivity index (χ0n) is 15.6. The molecule has 2 rings (SSSR count). The number of anilines is 1. The number of nitrogens with zero attached hydrogens (tertiary/aromatic N) is 1. The van der Waals surface area contributed by atoms with E-state index in [9.17, 15) is 9.59 Å². The first-order valence-electron chi connectivity index (χ1n) is 8.90. The van der Waals surface area contributed by atoms with Gasteiger partial charge in [0.05, 0.1) is 6.61 Å². The van der Waals surface area contributed by atoms with Crippen LogP contribution in [0.4, 0.5) is 5.69 Å². The maximum Gasteiger partial charge on any atom is 0.253 e. The van der Waals surface area contributed by atoms with E-state index in [1.54, 1.807) is 36.1 Å². The van der Waals surface area contributed by atoms with Gasteiger partial charge >= 0.3 is 0 Å². The molecule has 5 nitrogen and oxygen atoms in total. The van der Waals surface area contributed by atoms with Crippen molar-refractivity contribution in [2.75, 3.05) is 18.4 Å². The van der Waals surface area contributed by atoms with Gasteiger partial charge in [-0.3, -0.25) is 9.59 Å². The fraction of sp³-hybridized carbons (Fsp3) is 0.333. The van der Waals surface area contributed by atoms with Gasteiger partial charge in [0.15, 0.2) is 0 Å². The molecule has 2 aromatic rings. The topological polar surface area (TPSA) is 58.6 Å². The maximum atomic E-state index is 12.3. The summed E-state index contributed by atoms with van der Waals surface area (Å²) >= 11 is 0. The van der Waals surface area contributed by atoms with Crippen molar-refractivity contribution >= 4 is 17.5 Å². The van der Waals surface area contributed by atoms with Gasteiger partial charge in [-0.1, -0.05) is 30.3 Å². The number of benzene rings is 2. The van der Waals surface area contributed by atoms with Crippen molar-refractivity contribution in [3.05, 3.63) is 65.7 Å². The summed E-state index contributed by atoms with van der Waals surface area (Å²) in [5.74, 6) is -0.226. The lowest BCUT2D eigenvalue weighted by Crippen LogP contribution is -2.30. The first-order chi connectivity index (χ1) is 12.5. The Morgan fingerprint density at radius 3 is 2.19 bits per heavy atom. The molecule has 1 N–H and O–H groups in total. The van der Waals surface area contributed by atoms with Crippen LogP contribution >= 0.6 is 0 Å². The third-order valence-corrected chi connectivity index (χ3v) is 4.16. The monoisotopic (exact) mass is 354 g/mol. The minimum Gasteiger partial charge on any atom is -0.364 e. The first-order valence-corrected chi connectivity index (χ1v) is 8.90. The minimum atomic E-state index is -0.577. The quantitative estimate of drug-likeness (QED) is 0.786. The second kappa shape index (κ2) is 9.73. The van der Waals surface area contributed by atoms with Crippen molar-refractivity contribution < 1.29 is 14.3 Å². The Morgan fingerprint density at radius 1 is 1.00 bits per heavy atom. The predicted molar refractivity (Wildman–Crippen MR) is 103 cm³/mol. The highest BCUT2D eigenvalue weighted by Crippen LogP contribution is 2.13. The Hall–Kier alpha value is -2.66. The Balaban J connectivity index is 1.89. The molecular weight excluding hydrogens is 328 g/mol. The number of carbonyl (C=O) groups is 2. The van der Waals surface area contributed by atoms with E-state index in [-0.39, 0.29) is 11.8 Å².